The van der Waals surface area contributed by atoms with Crippen LogP contribution in [-0.2, 0) is 6.61 Å². The summed E-state index contributed by atoms with van der Waals surface area (Å²) in [6.07, 6.45) is 1.60. The lowest BCUT2D eigenvalue weighted by Gasteiger charge is -1.92. The molecule has 0 spiro atoms. The molecule has 0 radical (unpaired) electrons. The Labute approximate surface area is 77.2 Å². The Balaban J connectivity index is 2.66. The Morgan fingerprint density at radius 1 is 1.50 bits per heavy atom. The Morgan fingerprint density at radius 2 is 2.33 bits per heavy atom. The second-order valence-corrected chi connectivity index (χ2v) is 3.23. The van der Waals surface area contributed by atoms with Crippen LogP contribution in [0, 0.1) is 0 Å². The molecule has 0 unspecified atom stereocenters. The summed E-state index contributed by atoms with van der Waals surface area (Å²) >= 11 is 3.20. The van der Waals surface area contributed by atoms with Gasteiger partial charge in [0.25, 0.3) is 0 Å². The lowest BCUT2D eigenvalue weighted by molar-refractivity contribution is 0.281. The van der Waals surface area contributed by atoms with Crippen molar-refractivity contribution in [1.82, 2.24) is 4.98 Å². The molecule has 0 bridgehead atoms. The van der Waals surface area contributed by atoms with E-state index in [0.717, 1.165) is 10.9 Å². The van der Waals surface area contributed by atoms with Crippen molar-refractivity contribution in [2.24, 2.45) is 0 Å². The van der Waals surface area contributed by atoms with Crippen LogP contribution < -0.4 is 0 Å². The van der Waals surface area contributed by atoms with Crippen LogP contribution in [0.3, 0.4) is 0 Å². The molecule has 2 rings (SSSR count). The minimum Gasteiger partial charge on any atom is -0.431 e. The largest absolute Gasteiger partial charge is 0.431 e. The highest BCUT2D eigenvalue weighted by atomic mass is 79.9. The zero-order valence-corrected chi connectivity index (χ0v) is 7.71. The number of fused-ring (bicyclic) bond motifs is 1. The van der Waals surface area contributed by atoms with Crippen LogP contribution in [0.15, 0.2) is 27.4 Å². The molecule has 0 aliphatic heterocycles. The second kappa shape index (κ2) is 2.88. The highest BCUT2D eigenvalue weighted by Gasteiger charge is 2.02. The van der Waals surface area contributed by atoms with Gasteiger partial charge in [-0.1, -0.05) is 0 Å². The van der Waals surface area contributed by atoms with Crippen molar-refractivity contribution in [3.63, 3.8) is 0 Å². The molecule has 0 saturated carbocycles. The Bertz CT molecular complexity index is 410. The van der Waals surface area contributed by atoms with E-state index in [1.807, 2.05) is 12.1 Å². The number of furan rings is 1. The molecular weight excluding hydrogens is 222 g/mol. The molecule has 2 aromatic heterocycles. The molecule has 2 aromatic rings. The van der Waals surface area contributed by atoms with E-state index in [1.54, 1.807) is 6.20 Å². The molecule has 4 heteroatoms. The van der Waals surface area contributed by atoms with Gasteiger partial charge >= 0.3 is 0 Å². The van der Waals surface area contributed by atoms with E-state index in [0.29, 0.717) is 10.4 Å². The van der Waals surface area contributed by atoms with E-state index in [1.165, 1.54) is 0 Å². The van der Waals surface area contributed by atoms with Gasteiger partial charge in [0, 0.05) is 17.6 Å². The van der Waals surface area contributed by atoms with Gasteiger partial charge in [0.05, 0.1) is 6.61 Å². The van der Waals surface area contributed by atoms with Crippen molar-refractivity contribution in [1.29, 1.82) is 0 Å². The van der Waals surface area contributed by atoms with Crippen LogP contribution in [-0.4, -0.2) is 10.1 Å². The first kappa shape index (κ1) is 7.76. The van der Waals surface area contributed by atoms with Gasteiger partial charge < -0.3 is 9.52 Å². The maximum absolute atomic E-state index is 8.82. The highest BCUT2D eigenvalue weighted by molar-refractivity contribution is 9.10. The third-order valence-corrected chi connectivity index (χ3v) is 1.97. The van der Waals surface area contributed by atoms with Crippen molar-refractivity contribution < 1.29 is 9.52 Å². The third kappa shape index (κ3) is 1.23. The zero-order valence-electron chi connectivity index (χ0n) is 6.12. The van der Waals surface area contributed by atoms with Crippen LogP contribution >= 0.6 is 15.9 Å². The number of halogens is 1. The lowest BCUT2D eigenvalue weighted by atomic mass is 10.2. The van der Waals surface area contributed by atoms with Gasteiger partial charge in [-0.3, -0.25) is 0 Å². The smallest absolute Gasteiger partial charge is 0.227 e. The molecule has 0 saturated heterocycles. The molecule has 3 nitrogen and oxygen atoms in total. The summed E-state index contributed by atoms with van der Waals surface area (Å²) in [6, 6.07) is 3.66. The fourth-order valence-electron chi connectivity index (χ4n) is 1.03. The topological polar surface area (TPSA) is 46.3 Å². The Hall–Kier alpha value is -0.870. The van der Waals surface area contributed by atoms with E-state index in [4.69, 9.17) is 9.52 Å². The van der Waals surface area contributed by atoms with Crippen molar-refractivity contribution >= 4 is 27.0 Å². The van der Waals surface area contributed by atoms with Gasteiger partial charge in [-0.2, -0.15) is 0 Å². The molecule has 0 aliphatic carbocycles. The second-order valence-electron chi connectivity index (χ2n) is 2.45. The van der Waals surface area contributed by atoms with E-state index < -0.39 is 0 Å². The molecule has 62 valence electrons. The van der Waals surface area contributed by atoms with Crippen LogP contribution in [0.4, 0.5) is 0 Å². The van der Waals surface area contributed by atoms with Crippen molar-refractivity contribution in [2.75, 3.05) is 0 Å². The monoisotopic (exact) mass is 227 g/mol. The summed E-state index contributed by atoms with van der Waals surface area (Å²) in [5.41, 5.74) is 1.37. The third-order valence-electron chi connectivity index (χ3n) is 1.58. The number of hydrogen-bond donors (Lipinski definition) is 1. The minimum atomic E-state index is 0.00569. The Kier molecular flexibility index (Phi) is 1.86. The summed E-state index contributed by atoms with van der Waals surface area (Å²) in [5, 5.41) is 9.72. The average molecular weight is 228 g/mol. The van der Waals surface area contributed by atoms with Crippen LogP contribution in [0.25, 0.3) is 11.1 Å². The summed E-state index contributed by atoms with van der Waals surface area (Å²) in [5.74, 6) is 0. The van der Waals surface area contributed by atoms with E-state index in [-0.39, 0.29) is 6.61 Å². The van der Waals surface area contributed by atoms with Crippen molar-refractivity contribution in [3.8, 4) is 0 Å². The highest BCUT2D eigenvalue weighted by Crippen LogP contribution is 2.22. The molecule has 0 atom stereocenters. The predicted octanol–water partition coefficient (Wildman–Crippen LogP) is 2.08. The van der Waals surface area contributed by atoms with Crippen LogP contribution in [0.2, 0.25) is 0 Å². The average Bonchev–Trinajstić information content (AvgIpc) is 2.43. The van der Waals surface area contributed by atoms with Crippen LogP contribution in [0.1, 0.15) is 5.56 Å². The summed E-state index contributed by atoms with van der Waals surface area (Å²) in [7, 11) is 0. The summed E-state index contributed by atoms with van der Waals surface area (Å²) in [4.78, 5) is 4.02. The van der Waals surface area contributed by atoms with Gasteiger partial charge in [-0.05, 0) is 27.6 Å². The molecule has 0 aromatic carbocycles. The predicted molar refractivity (Wildman–Crippen MR) is 47.6 cm³/mol. The number of nitrogens with zero attached hydrogens (tertiary/aromatic N) is 1. The quantitative estimate of drug-likeness (QED) is 0.812. The SMILES string of the molecule is OCc1cnc2oc(Br)cc2c1. The van der Waals surface area contributed by atoms with Gasteiger partial charge in [0.1, 0.15) is 0 Å². The summed E-state index contributed by atoms with van der Waals surface area (Å²) in [6.45, 7) is 0.00569. The van der Waals surface area contributed by atoms with E-state index in [2.05, 4.69) is 20.9 Å². The summed E-state index contributed by atoms with van der Waals surface area (Å²) < 4.78 is 5.84. The number of rotatable bonds is 1. The molecule has 0 aliphatic rings. The molecule has 0 fully saturated rings. The molecular formula is C8H6BrNO2. The number of pyridine rings is 1. The number of aliphatic hydroxyl groups is 1. The van der Waals surface area contributed by atoms with Gasteiger partial charge in [-0.15, -0.1) is 0 Å². The first-order valence-electron chi connectivity index (χ1n) is 3.44. The molecule has 2 heterocycles. The fraction of sp³-hybridized carbons (Fsp3) is 0.125. The standard InChI is InChI=1S/C8H6BrNO2/c9-7-2-6-1-5(4-11)3-10-8(6)12-7/h1-3,11H,4H2. The van der Waals surface area contributed by atoms with Gasteiger partial charge in [0.15, 0.2) is 4.67 Å². The minimum absolute atomic E-state index is 0.00569. The molecule has 12 heavy (non-hydrogen) atoms. The molecule has 1 N–H and O–H groups in total. The first-order chi connectivity index (χ1) is 5.79. The number of aliphatic hydroxyl groups excluding tert-OH is 1. The van der Waals surface area contributed by atoms with E-state index >= 15 is 0 Å². The lowest BCUT2D eigenvalue weighted by Crippen LogP contribution is -1.83. The first-order valence-corrected chi connectivity index (χ1v) is 4.24. The van der Waals surface area contributed by atoms with Crippen LogP contribution in [0.5, 0.6) is 0 Å². The normalized spacial score (nSPS) is 10.8. The number of aromatic nitrogens is 1. The van der Waals surface area contributed by atoms with Crippen molar-refractivity contribution in [3.05, 3.63) is 28.6 Å². The number of hydrogen-bond acceptors (Lipinski definition) is 3. The van der Waals surface area contributed by atoms with Gasteiger partial charge in [-0.25, -0.2) is 4.98 Å². The maximum Gasteiger partial charge on any atom is 0.227 e. The van der Waals surface area contributed by atoms with E-state index in [9.17, 15) is 0 Å². The molecule has 0 amide bonds. The van der Waals surface area contributed by atoms with Gasteiger partial charge in [0.2, 0.25) is 5.71 Å². The fourth-order valence-corrected chi connectivity index (χ4v) is 1.43. The maximum atomic E-state index is 8.82. The zero-order chi connectivity index (χ0) is 8.55. The van der Waals surface area contributed by atoms with Crippen molar-refractivity contribution in [2.45, 2.75) is 6.61 Å². The Morgan fingerprint density at radius 3 is 3.08 bits per heavy atom.